The number of aromatic carboxylic acids is 1. The molecule has 92 valence electrons. The highest BCUT2D eigenvalue weighted by Crippen LogP contribution is 2.30. The second kappa shape index (κ2) is 4.78. The van der Waals surface area contributed by atoms with Crippen molar-refractivity contribution in [3.05, 3.63) is 58.4 Å². The van der Waals surface area contributed by atoms with Crippen LogP contribution in [0.25, 0.3) is 11.1 Å². The van der Waals surface area contributed by atoms with Crippen LogP contribution in [0.1, 0.15) is 15.9 Å². The van der Waals surface area contributed by atoms with Gasteiger partial charge in [-0.3, -0.25) is 0 Å². The van der Waals surface area contributed by atoms with Gasteiger partial charge in [-0.1, -0.05) is 17.7 Å². The molecule has 2 nitrogen and oxygen atoms in total. The van der Waals surface area contributed by atoms with E-state index in [0.717, 1.165) is 0 Å². The molecule has 0 saturated carbocycles. The van der Waals surface area contributed by atoms with Crippen molar-refractivity contribution in [1.82, 2.24) is 0 Å². The first-order valence-electron chi connectivity index (χ1n) is 5.28. The van der Waals surface area contributed by atoms with Gasteiger partial charge in [0.2, 0.25) is 0 Å². The number of rotatable bonds is 2. The second-order valence-corrected chi connectivity index (χ2v) is 4.37. The summed E-state index contributed by atoms with van der Waals surface area (Å²) in [5.74, 6) is -1.32. The van der Waals surface area contributed by atoms with E-state index in [9.17, 15) is 9.18 Å². The summed E-state index contributed by atoms with van der Waals surface area (Å²) in [7, 11) is 0. The Hall–Kier alpha value is -1.87. The van der Waals surface area contributed by atoms with Gasteiger partial charge in [0.05, 0.1) is 5.56 Å². The van der Waals surface area contributed by atoms with Gasteiger partial charge in [-0.15, -0.1) is 0 Å². The van der Waals surface area contributed by atoms with Crippen LogP contribution in [0.2, 0.25) is 5.02 Å². The van der Waals surface area contributed by atoms with E-state index in [1.54, 1.807) is 19.1 Å². The van der Waals surface area contributed by atoms with Crippen LogP contribution >= 0.6 is 11.6 Å². The molecule has 18 heavy (non-hydrogen) atoms. The van der Waals surface area contributed by atoms with Gasteiger partial charge in [-0.05, 0) is 48.4 Å². The van der Waals surface area contributed by atoms with Gasteiger partial charge < -0.3 is 5.11 Å². The summed E-state index contributed by atoms with van der Waals surface area (Å²) in [6.45, 7) is 1.65. The smallest absolute Gasteiger partial charge is 0.335 e. The first-order valence-corrected chi connectivity index (χ1v) is 5.66. The quantitative estimate of drug-likeness (QED) is 0.885. The maximum absolute atomic E-state index is 13.2. The predicted molar refractivity (Wildman–Crippen MR) is 68.5 cm³/mol. The number of halogens is 2. The number of hydrogen-bond donors (Lipinski definition) is 1. The zero-order valence-electron chi connectivity index (χ0n) is 9.58. The Labute approximate surface area is 109 Å². The number of benzene rings is 2. The molecule has 0 bridgehead atoms. The Balaban J connectivity index is 2.58. The van der Waals surface area contributed by atoms with Crippen molar-refractivity contribution in [2.24, 2.45) is 0 Å². The van der Waals surface area contributed by atoms with Crippen LogP contribution < -0.4 is 0 Å². The second-order valence-electron chi connectivity index (χ2n) is 3.96. The maximum Gasteiger partial charge on any atom is 0.335 e. The zero-order chi connectivity index (χ0) is 13.3. The van der Waals surface area contributed by atoms with Crippen LogP contribution in [0.5, 0.6) is 0 Å². The van der Waals surface area contributed by atoms with E-state index in [-0.39, 0.29) is 11.4 Å². The summed E-state index contributed by atoms with van der Waals surface area (Å²) in [4.78, 5) is 10.9. The number of carboxylic acid groups (broad SMARTS) is 1. The summed E-state index contributed by atoms with van der Waals surface area (Å²) >= 11 is 6.04. The highest BCUT2D eigenvalue weighted by atomic mass is 35.5. The van der Waals surface area contributed by atoms with E-state index in [2.05, 4.69) is 0 Å². The molecule has 4 heteroatoms. The largest absolute Gasteiger partial charge is 0.478 e. The third-order valence-corrected chi connectivity index (χ3v) is 3.01. The molecule has 0 unspecified atom stereocenters. The fourth-order valence-electron chi connectivity index (χ4n) is 1.69. The molecule has 2 aromatic carbocycles. The average Bonchev–Trinajstić information content (AvgIpc) is 2.33. The Bertz CT molecular complexity index is 623. The van der Waals surface area contributed by atoms with Crippen molar-refractivity contribution >= 4 is 17.6 Å². The molecule has 0 amide bonds. The van der Waals surface area contributed by atoms with E-state index in [1.807, 2.05) is 0 Å². The molecule has 0 aliphatic heterocycles. The fourth-order valence-corrected chi connectivity index (χ4v) is 1.92. The molecular formula is C14H10ClFO2. The summed E-state index contributed by atoms with van der Waals surface area (Å²) in [6.07, 6.45) is 0. The van der Waals surface area contributed by atoms with E-state index >= 15 is 0 Å². The van der Waals surface area contributed by atoms with Gasteiger partial charge >= 0.3 is 5.97 Å². The van der Waals surface area contributed by atoms with Gasteiger partial charge in [0.25, 0.3) is 0 Å². The summed E-state index contributed by atoms with van der Waals surface area (Å²) in [5.41, 5.74) is 1.92. The van der Waals surface area contributed by atoms with Crippen LogP contribution in [-0.2, 0) is 0 Å². The molecule has 0 fully saturated rings. The lowest BCUT2D eigenvalue weighted by molar-refractivity contribution is 0.0697. The number of hydrogen-bond acceptors (Lipinski definition) is 1. The third kappa shape index (κ3) is 2.36. The normalized spacial score (nSPS) is 10.4. The number of aryl methyl sites for hydroxylation is 1. The van der Waals surface area contributed by atoms with Crippen molar-refractivity contribution in [3.63, 3.8) is 0 Å². The highest BCUT2D eigenvalue weighted by molar-refractivity contribution is 6.33. The monoisotopic (exact) mass is 264 g/mol. The minimum absolute atomic E-state index is 0.149. The molecule has 0 spiro atoms. The average molecular weight is 265 g/mol. The maximum atomic E-state index is 13.2. The Morgan fingerprint density at radius 2 is 1.94 bits per heavy atom. The van der Waals surface area contributed by atoms with E-state index < -0.39 is 5.97 Å². The molecule has 0 radical (unpaired) electrons. The molecule has 1 N–H and O–H groups in total. The van der Waals surface area contributed by atoms with Gasteiger partial charge in [-0.2, -0.15) is 0 Å². The standard InChI is InChI=1S/C14H10ClFO2/c1-8-6-9(3-5-13(8)16)11-7-10(14(17)18)2-4-12(11)15/h2-7H,1H3,(H,17,18). The van der Waals surface area contributed by atoms with Gasteiger partial charge in [0.1, 0.15) is 5.82 Å². The molecular weight excluding hydrogens is 255 g/mol. The van der Waals surface area contributed by atoms with Gasteiger partial charge in [0.15, 0.2) is 0 Å². The molecule has 0 aromatic heterocycles. The van der Waals surface area contributed by atoms with Crippen LogP contribution in [-0.4, -0.2) is 11.1 Å². The van der Waals surface area contributed by atoms with Crippen molar-refractivity contribution in [2.45, 2.75) is 6.92 Å². The molecule has 2 aromatic rings. The van der Waals surface area contributed by atoms with Gasteiger partial charge in [0, 0.05) is 10.6 Å². The van der Waals surface area contributed by atoms with Crippen molar-refractivity contribution in [2.75, 3.05) is 0 Å². The van der Waals surface area contributed by atoms with Crippen LogP contribution in [0.4, 0.5) is 4.39 Å². The molecule has 0 aliphatic carbocycles. The minimum atomic E-state index is -1.02. The van der Waals surface area contributed by atoms with Crippen LogP contribution in [0.15, 0.2) is 36.4 Å². The van der Waals surface area contributed by atoms with Gasteiger partial charge in [-0.25, -0.2) is 9.18 Å². The Kier molecular flexibility index (Phi) is 3.34. The predicted octanol–water partition coefficient (Wildman–Crippen LogP) is 4.15. The SMILES string of the molecule is Cc1cc(-c2cc(C(=O)O)ccc2Cl)ccc1F. The third-order valence-electron chi connectivity index (χ3n) is 2.68. The lowest BCUT2D eigenvalue weighted by atomic mass is 10.0. The van der Waals surface area contributed by atoms with Crippen LogP contribution in [0.3, 0.4) is 0 Å². The van der Waals surface area contributed by atoms with Crippen molar-refractivity contribution in [3.8, 4) is 11.1 Å². The van der Waals surface area contributed by atoms with E-state index in [0.29, 0.717) is 21.7 Å². The highest BCUT2D eigenvalue weighted by Gasteiger charge is 2.10. The van der Waals surface area contributed by atoms with E-state index in [4.69, 9.17) is 16.7 Å². The molecule has 0 aliphatic rings. The lowest BCUT2D eigenvalue weighted by Gasteiger charge is -2.07. The summed E-state index contributed by atoms with van der Waals surface area (Å²) < 4.78 is 13.2. The Morgan fingerprint density at radius 1 is 1.22 bits per heavy atom. The topological polar surface area (TPSA) is 37.3 Å². The molecule has 0 heterocycles. The summed E-state index contributed by atoms with van der Waals surface area (Å²) in [6, 6.07) is 9.01. The van der Waals surface area contributed by atoms with E-state index in [1.165, 1.54) is 24.3 Å². The molecule has 0 saturated heterocycles. The van der Waals surface area contributed by atoms with Crippen LogP contribution in [0, 0.1) is 12.7 Å². The minimum Gasteiger partial charge on any atom is -0.478 e. The number of carbonyl (C=O) groups is 1. The first kappa shape index (κ1) is 12.6. The first-order chi connectivity index (χ1) is 8.49. The fraction of sp³-hybridized carbons (Fsp3) is 0.0714. The van der Waals surface area contributed by atoms with Crippen molar-refractivity contribution < 1.29 is 14.3 Å². The number of carboxylic acids is 1. The molecule has 2 rings (SSSR count). The summed E-state index contributed by atoms with van der Waals surface area (Å²) in [5, 5.41) is 9.38. The zero-order valence-corrected chi connectivity index (χ0v) is 10.3. The Morgan fingerprint density at radius 3 is 2.56 bits per heavy atom. The lowest BCUT2D eigenvalue weighted by Crippen LogP contribution is -1.96. The molecule has 0 atom stereocenters. The van der Waals surface area contributed by atoms with Crippen molar-refractivity contribution in [1.29, 1.82) is 0 Å².